The van der Waals surface area contributed by atoms with Crippen LogP contribution in [0.1, 0.15) is 15.9 Å². The van der Waals surface area contributed by atoms with Crippen molar-refractivity contribution in [2.75, 3.05) is 0 Å². The van der Waals surface area contributed by atoms with Crippen LogP contribution in [0, 0.1) is 0 Å². The number of carbonyl (C=O) groups excluding carboxylic acids is 1. The number of benzene rings is 2. The first-order valence-electron chi connectivity index (χ1n) is 7.50. The van der Waals surface area contributed by atoms with Crippen molar-refractivity contribution in [2.45, 2.75) is 31.4 Å². The van der Waals surface area contributed by atoms with Crippen LogP contribution in [0.2, 0.25) is 19.6 Å². The molecule has 1 atom stereocenters. The van der Waals surface area contributed by atoms with Crippen molar-refractivity contribution in [1.82, 2.24) is 0 Å². The fourth-order valence-electron chi connectivity index (χ4n) is 2.51. The molecule has 6 heteroatoms. The highest BCUT2D eigenvalue weighted by Gasteiger charge is 2.64. The van der Waals surface area contributed by atoms with Crippen LogP contribution in [0.5, 0.6) is 0 Å². The fraction of sp³-hybridized carbons (Fsp3) is 0.278. The van der Waals surface area contributed by atoms with E-state index >= 15 is 0 Å². The minimum Gasteiger partial charge on any atom is -0.395 e. The van der Waals surface area contributed by atoms with Gasteiger partial charge in [0.1, 0.15) is 0 Å². The summed E-state index contributed by atoms with van der Waals surface area (Å²) < 4.78 is 48.2. The maximum Gasteiger partial charge on any atom is 0.428 e. The molecular weight excluding hydrogens is 333 g/mol. The number of halogens is 3. The molecule has 0 aliphatic heterocycles. The van der Waals surface area contributed by atoms with Gasteiger partial charge in [-0.2, -0.15) is 13.2 Å². The molecule has 0 fully saturated rings. The molecule has 0 heterocycles. The lowest BCUT2D eigenvalue weighted by molar-refractivity contribution is -0.235. The maximum absolute atomic E-state index is 14.2. The van der Waals surface area contributed by atoms with Gasteiger partial charge < -0.3 is 4.43 Å². The minimum absolute atomic E-state index is 0.0306. The molecule has 0 amide bonds. The Morgan fingerprint density at radius 1 is 0.875 bits per heavy atom. The summed E-state index contributed by atoms with van der Waals surface area (Å²) in [5.74, 6) is -1.09. The van der Waals surface area contributed by atoms with Gasteiger partial charge in [-0.25, -0.2) is 0 Å². The van der Waals surface area contributed by atoms with Gasteiger partial charge in [-0.3, -0.25) is 4.79 Å². The van der Waals surface area contributed by atoms with Crippen LogP contribution in [0.4, 0.5) is 13.2 Å². The normalized spacial score (nSPS) is 14.9. The molecule has 0 spiro atoms. The minimum atomic E-state index is -4.89. The quantitative estimate of drug-likeness (QED) is 0.547. The number of alkyl halides is 3. The summed E-state index contributed by atoms with van der Waals surface area (Å²) in [5.41, 5.74) is -3.23. The number of rotatable bonds is 5. The number of hydrogen-bond donors (Lipinski definition) is 0. The lowest BCUT2D eigenvalue weighted by Crippen LogP contribution is -2.56. The smallest absolute Gasteiger partial charge is 0.395 e. The number of Topliss-reactive ketones (excluding diaryl/α,β-unsaturated/α-hetero) is 1. The van der Waals surface area contributed by atoms with Gasteiger partial charge in [0.2, 0.25) is 11.4 Å². The van der Waals surface area contributed by atoms with Crippen LogP contribution < -0.4 is 0 Å². The highest BCUT2D eigenvalue weighted by Crippen LogP contribution is 2.46. The molecule has 24 heavy (non-hydrogen) atoms. The maximum atomic E-state index is 14.2. The van der Waals surface area contributed by atoms with Gasteiger partial charge in [0.05, 0.1) is 0 Å². The zero-order valence-corrected chi connectivity index (χ0v) is 14.7. The van der Waals surface area contributed by atoms with Crippen LogP contribution in [0.15, 0.2) is 60.7 Å². The van der Waals surface area contributed by atoms with E-state index in [1.54, 1.807) is 31.8 Å². The zero-order valence-electron chi connectivity index (χ0n) is 13.7. The summed E-state index contributed by atoms with van der Waals surface area (Å²) in [7, 11) is -2.72. The molecular formula is C18H19F3O2Si. The highest BCUT2D eigenvalue weighted by atomic mass is 28.4. The Hall–Kier alpha value is -1.92. The van der Waals surface area contributed by atoms with Crippen LogP contribution >= 0.6 is 0 Å². The topological polar surface area (TPSA) is 26.3 Å². The SMILES string of the molecule is C[Si](C)(C)OC(C(=O)c1ccccc1)(c1ccccc1)C(F)(F)F. The average molecular weight is 352 g/mol. The van der Waals surface area contributed by atoms with E-state index in [-0.39, 0.29) is 11.1 Å². The molecule has 0 aliphatic carbocycles. The lowest BCUT2D eigenvalue weighted by Gasteiger charge is -2.39. The van der Waals surface area contributed by atoms with Crippen molar-refractivity contribution >= 4 is 14.1 Å². The summed E-state index contributed by atoms with van der Waals surface area (Å²) in [6.45, 7) is 4.90. The first-order chi connectivity index (χ1) is 11.1. The van der Waals surface area contributed by atoms with E-state index in [2.05, 4.69) is 0 Å². The summed E-state index contributed by atoms with van der Waals surface area (Å²) >= 11 is 0. The summed E-state index contributed by atoms with van der Waals surface area (Å²) in [6.07, 6.45) is -4.89. The van der Waals surface area contributed by atoms with E-state index in [0.29, 0.717) is 0 Å². The molecule has 1 unspecified atom stereocenters. The first kappa shape index (κ1) is 18.4. The Morgan fingerprint density at radius 3 is 1.75 bits per heavy atom. The van der Waals surface area contributed by atoms with E-state index < -0.39 is 25.9 Å². The van der Waals surface area contributed by atoms with Crippen molar-refractivity contribution in [3.8, 4) is 0 Å². The Kier molecular flexibility index (Phi) is 5.01. The van der Waals surface area contributed by atoms with Gasteiger partial charge in [0.25, 0.3) is 0 Å². The molecule has 0 bridgehead atoms. The number of hydrogen-bond acceptors (Lipinski definition) is 2. The Morgan fingerprint density at radius 2 is 1.33 bits per heavy atom. The van der Waals surface area contributed by atoms with E-state index in [1.165, 1.54) is 48.5 Å². The molecule has 2 aromatic rings. The second kappa shape index (κ2) is 6.53. The summed E-state index contributed by atoms with van der Waals surface area (Å²) in [6, 6.07) is 14.6. The number of carbonyl (C=O) groups is 1. The third-order valence-corrected chi connectivity index (χ3v) is 4.31. The molecule has 128 valence electrons. The van der Waals surface area contributed by atoms with Crippen molar-refractivity contribution < 1.29 is 22.4 Å². The molecule has 0 saturated heterocycles. The molecule has 2 aromatic carbocycles. The van der Waals surface area contributed by atoms with Crippen molar-refractivity contribution in [3.63, 3.8) is 0 Å². The molecule has 0 aromatic heterocycles. The van der Waals surface area contributed by atoms with Crippen molar-refractivity contribution in [3.05, 3.63) is 71.8 Å². The first-order valence-corrected chi connectivity index (χ1v) is 10.9. The summed E-state index contributed by atoms with van der Waals surface area (Å²) in [4.78, 5) is 13.0. The second-order valence-corrected chi connectivity index (χ2v) is 10.9. The molecule has 0 saturated carbocycles. The number of ketones is 1. The predicted molar refractivity (Wildman–Crippen MR) is 89.4 cm³/mol. The largest absolute Gasteiger partial charge is 0.428 e. The molecule has 0 radical (unpaired) electrons. The molecule has 2 rings (SSSR count). The van der Waals surface area contributed by atoms with Gasteiger partial charge in [-0.05, 0) is 25.2 Å². The van der Waals surface area contributed by atoms with Gasteiger partial charge in [-0.1, -0.05) is 60.7 Å². The molecule has 0 N–H and O–H groups in total. The van der Waals surface area contributed by atoms with Gasteiger partial charge in [-0.15, -0.1) is 0 Å². The highest BCUT2D eigenvalue weighted by molar-refractivity contribution is 6.70. The Balaban J connectivity index is 2.74. The van der Waals surface area contributed by atoms with E-state index in [1.807, 2.05) is 0 Å². The predicted octanol–water partition coefficient (Wildman–Crippen LogP) is 5.18. The Labute approximate surface area is 140 Å². The molecule has 0 aliphatic rings. The zero-order chi connectivity index (χ0) is 18.0. The van der Waals surface area contributed by atoms with E-state index in [4.69, 9.17) is 4.43 Å². The van der Waals surface area contributed by atoms with Crippen LogP contribution in [-0.2, 0) is 10.0 Å². The monoisotopic (exact) mass is 352 g/mol. The third kappa shape index (κ3) is 3.60. The Bertz CT molecular complexity index is 694. The summed E-state index contributed by atoms with van der Waals surface area (Å²) in [5, 5.41) is 0. The molecule has 2 nitrogen and oxygen atoms in total. The van der Waals surface area contributed by atoms with Crippen LogP contribution in [0.25, 0.3) is 0 Å². The fourth-order valence-corrected chi connectivity index (χ4v) is 3.76. The van der Waals surface area contributed by atoms with Gasteiger partial charge in [0, 0.05) is 5.56 Å². The van der Waals surface area contributed by atoms with E-state index in [9.17, 15) is 18.0 Å². The van der Waals surface area contributed by atoms with Crippen LogP contribution in [-0.4, -0.2) is 20.3 Å². The van der Waals surface area contributed by atoms with Gasteiger partial charge >= 0.3 is 6.18 Å². The van der Waals surface area contributed by atoms with Crippen molar-refractivity contribution in [2.24, 2.45) is 0 Å². The standard InChI is InChI=1S/C18H19F3O2Si/c1-24(2,3)23-17(18(19,20)21,15-12-8-5-9-13-15)16(22)14-10-6-4-7-11-14/h4-13H,1-3H3. The van der Waals surface area contributed by atoms with E-state index in [0.717, 1.165) is 0 Å². The van der Waals surface area contributed by atoms with Crippen LogP contribution in [0.3, 0.4) is 0 Å². The third-order valence-electron chi connectivity index (χ3n) is 3.39. The van der Waals surface area contributed by atoms with Crippen molar-refractivity contribution in [1.29, 1.82) is 0 Å². The second-order valence-electron chi connectivity index (χ2n) is 6.45. The lowest BCUT2D eigenvalue weighted by atomic mass is 9.85. The average Bonchev–Trinajstić information content (AvgIpc) is 2.51. The van der Waals surface area contributed by atoms with Gasteiger partial charge in [0.15, 0.2) is 8.32 Å².